The first-order valence-corrected chi connectivity index (χ1v) is 5.95. The van der Waals surface area contributed by atoms with Crippen molar-refractivity contribution in [2.75, 3.05) is 0 Å². The van der Waals surface area contributed by atoms with Gasteiger partial charge in [-0.2, -0.15) is 0 Å². The summed E-state index contributed by atoms with van der Waals surface area (Å²) in [6.07, 6.45) is 2.28. The van der Waals surface area contributed by atoms with Gasteiger partial charge in [-0.25, -0.2) is 18.0 Å². The summed E-state index contributed by atoms with van der Waals surface area (Å²) in [6, 6.07) is 5.08. The zero-order chi connectivity index (χ0) is 14.0. The Morgan fingerprint density at radius 1 is 1.11 bits per heavy atom. The van der Waals surface area contributed by atoms with Gasteiger partial charge in [0.15, 0.2) is 17.5 Å². The molecule has 0 atom stereocenters. The third-order valence-corrected chi connectivity index (χ3v) is 3.40. The molecule has 0 fully saturated rings. The smallest absolute Gasteiger partial charge is 0.328 e. The Balaban J connectivity index is 2.38. The van der Waals surface area contributed by atoms with E-state index in [1.165, 1.54) is 12.1 Å². The van der Waals surface area contributed by atoms with Crippen molar-refractivity contribution >= 4 is 23.4 Å². The zero-order valence-electron chi connectivity index (χ0n) is 9.36. The minimum atomic E-state index is -1.52. The lowest BCUT2D eigenvalue weighted by Crippen LogP contribution is -1.92. The number of thiophene rings is 1. The van der Waals surface area contributed by atoms with Crippen LogP contribution in [0.15, 0.2) is 30.3 Å². The van der Waals surface area contributed by atoms with Gasteiger partial charge in [0.25, 0.3) is 0 Å². The van der Waals surface area contributed by atoms with Crippen LogP contribution in [0.4, 0.5) is 13.2 Å². The van der Waals surface area contributed by atoms with Gasteiger partial charge in [-0.15, -0.1) is 11.3 Å². The molecule has 0 saturated heterocycles. The first-order valence-electron chi connectivity index (χ1n) is 5.13. The Labute approximate surface area is 110 Å². The summed E-state index contributed by atoms with van der Waals surface area (Å²) in [4.78, 5) is 11.3. The molecule has 1 heterocycles. The molecule has 0 amide bonds. The predicted molar refractivity (Wildman–Crippen MR) is 66.3 cm³/mol. The number of rotatable bonds is 3. The van der Waals surface area contributed by atoms with E-state index >= 15 is 0 Å². The largest absolute Gasteiger partial charge is 0.478 e. The molecule has 1 aromatic carbocycles. The van der Waals surface area contributed by atoms with Gasteiger partial charge in [0, 0.05) is 21.4 Å². The standard InChI is InChI=1S/C13H7F3O2S/c14-9-4-3-8(12(15)13(9)16)10-5-1-7(19-10)2-6-11(17)18/h1-6H,(H,17,18)/b6-2+. The van der Waals surface area contributed by atoms with Crippen molar-refractivity contribution in [1.29, 1.82) is 0 Å². The molecule has 0 bridgehead atoms. The molecule has 2 rings (SSSR count). The molecular weight excluding hydrogens is 277 g/mol. The molecule has 0 aliphatic rings. The van der Waals surface area contributed by atoms with E-state index in [-0.39, 0.29) is 5.56 Å². The van der Waals surface area contributed by atoms with Gasteiger partial charge in [0.05, 0.1) is 0 Å². The van der Waals surface area contributed by atoms with Crippen molar-refractivity contribution in [3.8, 4) is 10.4 Å². The fourth-order valence-corrected chi connectivity index (χ4v) is 2.39. The lowest BCUT2D eigenvalue weighted by atomic mass is 10.1. The van der Waals surface area contributed by atoms with E-state index in [2.05, 4.69) is 0 Å². The van der Waals surface area contributed by atoms with Crippen LogP contribution in [0.3, 0.4) is 0 Å². The lowest BCUT2D eigenvalue weighted by Gasteiger charge is -2.01. The second kappa shape index (κ2) is 5.27. The number of aliphatic carboxylic acids is 1. The summed E-state index contributed by atoms with van der Waals surface area (Å²) < 4.78 is 39.5. The molecule has 98 valence electrons. The SMILES string of the molecule is O=C(O)/C=C/c1ccc(-c2ccc(F)c(F)c2F)s1. The van der Waals surface area contributed by atoms with Gasteiger partial charge in [-0.05, 0) is 30.3 Å². The van der Waals surface area contributed by atoms with Crippen LogP contribution >= 0.6 is 11.3 Å². The van der Waals surface area contributed by atoms with E-state index in [1.807, 2.05) is 0 Å². The third kappa shape index (κ3) is 2.85. The van der Waals surface area contributed by atoms with Gasteiger partial charge in [-0.1, -0.05) is 0 Å². The lowest BCUT2D eigenvalue weighted by molar-refractivity contribution is -0.131. The molecule has 6 heteroatoms. The molecule has 0 unspecified atom stereocenters. The van der Waals surface area contributed by atoms with Gasteiger partial charge in [0.1, 0.15) is 0 Å². The maximum Gasteiger partial charge on any atom is 0.328 e. The first kappa shape index (κ1) is 13.4. The Morgan fingerprint density at radius 3 is 2.53 bits per heavy atom. The third-order valence-electron chi connectivity index (χ3n) is 2.32. The predicted octanol–water partition coefficient (Wildman–Crippen LogP) is 3.93. The van der Waals surface area contributed by atoms with Crippen LogP contribution in [0.25, 0.3) is 16.5 Å². The minimum absolute atomic E-state index is 0.0566. The molecule has 19 heavy (non-hydrogen) atoms. The van der Waals surface area contributed by atoms with Crippen molar-refractivity contribution < 1.29 is 23.1 Å². The van der Waals surface area contributed by atoms with Gasteiger partial charge in [0.2, 0.25) is 0 Å². The Morgan fingerprint density at radius 2 is 1.84 bits per heavy atom. The molecule has 0 spiro atoms. The molecule has 0 aliphatic carbocycles. The first-order chi connectivity index (χ1) is 8.99. The fraction of sp³-hybridized carbons (Fsp3) is 0. The second-order valence-corrected chi connectivity index (χ2v) is 4.71. The summed E-state index contributed by atoms with van der Waals surface area (Å²) in [5, 5.41) is 8.48. The molecular formula is C13H7F3O2S. The van der Waals surface area contributed by atoms with Crippen molar-refractivity contribution in [3.63, 3.8) is 0 Å². The van der Waals surface area contributed by atoms with E-state index in [0.29, 0.717) is 9.75 Å². The average Bonchev–Trinajstić information content (AvgIpc) is 2.82. The minimum Gasteiger partial charge on any atom is -0.478 e. The van der Waals surface area contributed by atoms with Crippen LogP contribution < -0.4 is 0 Å². The number of hydrogen-bond donors (Lipinski definition) is 1. The maximum absolute atomic E-state index is 13.6. The summed E-state index contributed by atoms with van der Waals surface area (Å²) in [7, 11) is 0. The topological polar surface area (TPSA) is 37.3 Å². The number of carboxylic acids is 1. The normalized spacial score (nSPS) is 11.1. The quantitative estimate of drug-likeness (QED) is 0.685. The van der Waals surface area contributed by atoms with Crippen molar-refractivity contribution in [2.45, 2.75) is 0 Å². The van der Waals surface area contributed by atoms with Crippen LogP contribution in [0.1, 0.15) is 4.88 Å². The maximum atomic E-state index is 13.6. The van der Waals surface area contributed by atoms with Crippen molar-refractivity contribution in [2.24, 2.45) is 0 Å². The van der Waals surface area contributed by atoms with Crippen LogP contribution in [-0.2, 0) is 4.79 Å². The van der Waals surface area contributed by atoms with Gasteiger partial charge in [-0.3, -0.25) is 0 Å². The highest BCUT2D eigenvalue weighted by molar-refractivity contribution is 7.16. The Kier molecular flexibility index (Phi) is 3.71. The summed E-state index contributed by atoms with van der Waals surface area (Å²) in [5.41, 5.74) is -0.0566. The van der Waals surface area contributed by atoms with Crippen LogP contribution in [0.5, 0.6) is 0 Å². The monoisotopic (exact) mass is 284 g/mol. The number of halogens is 3. The summed E-state index contributed by atoms with van der Waals surface area (Å²) in [5.74, 6) is -5.12. The molecule has 0 radical (unpaired) electrons. The van der Waals surface area contributed by atoms with Crippen molar-refractivity contribution in [3.05, 3.63) is 52.7 Å². The molecule has 0 aliphatic heterocycles. The van der Waals surface area contributed by atoms with E-state index in [0.717, 1.165) is 29.5 Å². The average molecular weight is 284 g/mol. The Bertz CT molecular complexity index is 662. The second-order valence-electron chi connectivity index (χ2n) is 3.60. The number of benzene rings is 1. The summed E-state index contributed by atoms with van der Waals surface area (Å²) >= 11 is 1.08. The molecule has 1 N–H and O–H groups in total. The van der Waals surface area contributed by atoms with Crippen molar-refractivity contribution in [1.82, 2.24) is 0 Å². The van der Waals surface area contributed by atoms with Crippen LogP contribution in [-0.4, -0.2) is 11.1 Å². The van der Waals surface area contributed by atoms with Gasteiger partial charge < -0.3 is 5.11 Å². The molecule has 1 aromatic heterocycles. The van der Waals surface area contributed by atoms with E-state index in [1.54, 1.807) is 6.07 Å². The highest BCUT2D eigenvalue weighted by atomic mass is 32.1. The molecule has 2 aromatic rings. The fourth-order valence-electron chi connectivity index (χ4n) is 1.46. The number of carbonyl (C=O) groups is 1. The number of hydrogen-bond acceptors (Lipinski definition) is 2. The van der Waals surface area contributed by atoms with E-state index in [9.17, 15) is 18.0 Å². The van der Waals surface area contributed by atoms with Gasteiger partial charge >= 0.3 is 5.97 Å². The Hall–Kier alpha value is -2.08. The highest BCUT2D eigenvalue weighted by Gasteiger charge is 2.15. The summed E-state index contributed by atoms with van der Waals surface area (Å²) in [6.45, 7) is 0. The number of carboxylic acid groups (broad SMARTS) is 1. The highest BCUT2D eigenvalue weighted by Crippen LogP contribution is 2.32. The molecule has 2 nitrogen and oxygen atoms in total. The molecule has 0 saturated carbocycles. The van der Waals surface area contributed by atoms with E-state index in [4.69, 9.17) is 5.11 Å². The van der Waals surface area contributed by atoms with E-state index < -0.39 is 23.4 Å². The van der Waals surface area contributed by atoms with Crippen LogP contribution in [0.2, 0.25) is 0 Å². The zero-order valence-corrected chi connectivity index (χ0v) is 10.2. The van der Waals surface area contributed by atoms with Crippen LogP contribution in [0, 0.1) is 17.5 Å².